The van der Waals surface area contributed by atoms with Crippen molar-refractivity contribution in [1.82, 2.24) is 15.4 Å². The first-order chi connectivity index (χ1) is 10.6. The number of fused-ring (bicyclic) bond motifs is 1. The molecule has 116 valence electrons. The molecule has 2 atom stereocenters. The Kier molecular flexibility index (Phi) is 4.24. The van der Waals surface area contributed by atoms with Crippen LogP contribution in [0.3, 0.4) is 0 Å². The van der Waals surface area contributed by atoms with E-state index in [0.717, 1.165) is 29.4 Å². The van der Waals surface area contributed by atoms with Crippen molar-refractivity contribution in [2.24, 2.45) is 0 Å². The van der Waals surface area contributed by atoms with Crippen molar-refractivity contribution in [3.05, 3.63) is 36.5 Å². The molecule has 22 heavy (non-hydrogen) atoms. The fraction of sp³-hybridized carbons (Fsp3) is 0.412. The number of pyridine rings is 1. The van der Waals surface area contributed by atoms with Gasteiger partial charge in [0, 0.05) is 23.7 Å². The van der Waals surface area contributed by atoms with E-state index in [1.807, 2.05) is 30.3 Å². The van der Waals surface area contributed by atoms with Crippen LogP contribution in [0.15, 0.2) is 36.5 Å². The van der Waals surface area contributed by atoms with Crippen LogP contribution in [0.1, 0.15) is 33.1 Å². The van der Waals surface area contributed by atoms with Crippen LogP contribution in [0.4, 0.5) is 10.5 Å². The van der Waals surface area contributed by atoms with Crippen molar-refractivity contribution < 1.29 is 4.79 Å². The minimum absolute atomic E-state index is 0.209. The molecule has 0 saturated carbocycles. The third-order valence-corrected chi connectivity index (χ3v) is 4.31. The zero-order valence-corrected chi connectivity index (χ0v) is 13.0. The minimum Gasteiger partial charge on any atom is -0.305 e. The van der Waals surface area contributed by atoms with Crippen molar-refractivity contribution in [3.8, 4) is 0 Å². The molecule has 1 saturated heterocycles. The number of anilines is 1. The quantitative estimate of drug-likeness (QED) is 0.891. The molecule has 5 heteroatoms. The first-order valence-corrected chi connectivity index (χ1v) is 7.85. The molecule has 0 radical (unpaired) electrons. The summed E-state index contributed by atoms with van der Waals surface area (Å²) < 4.78 is 0. The van der Waals surface area contributed by atoms with Crippen molar-refractivity contribution in [2.75, 3.05) is 5.32 Å². The second kappa shape index (κ2) is 6.32. The zero-order chi connectivity index (χ0) is 15.5. The first-order valence-electron chi connectivity index (χ1n) is 7.85. The van der Waals surface area contributed by atoms with E-state index in [2.05, 4.69) is 34.6 Å². The van der Waals surface area contributed by atoms with E-state index in [0.29, 0.717) is 12.1 Å². The monoisotopic (exact) mass is 298 g/mol. The molecule has 1 aliphatic heterocycles. The summed E-state index contributed by atoms with van der Waals surface area (Å²) in [6, 6.07) is 10.2. The van der Waals surface area contributed by atoms with E-state index in [-0.39, 0.29) is 6.03 Å². The summed E-state index contributed by atoms with van der Waals surface area (Å²) in [5.74, 6) is 0. The molecule has 1 aromatic carbocycles. The van der Waals surface area contributed by atoms with Gasteiger partial charge in [-0.05, 0) is 38.8 Å². The Hall–Kier alpha value is -2.14. The molecule has 0 bridgehead atoms. The molecular weight excluding hydrogens is 276 g/mol. The number of carbonyl (C=O) groups is 1. The van der Waals surface area contributed by atoms with E-state index in [1.165, 1.54) is 6.42 Å². The van der Waals surface area contributed by atoms with E-state index in [9.17, 15) is 4.79 Å². The lowest BCUT2D eigenvalue weighted by molar-refractivity contribution is 0.0625. The molecular formula is C17H22N4O. The molecule has 1 aromatic heterocycles. The molecule has 1 aliphatic rings. The molecule has 2 heterocycles. The third kappa shape index (κ3) is 3.04. The molecule has 1 fully saturated rings. The van der Waals surface area contributed by atoms with Gasteiger partial charge in [0.15, 0.2) is 0 Å². The highest BCUT2D eigenvalue weighted by atomic mass is 16.2. The second-order valence-electron chi connectivity index (χ2n) is 5.98. The summed E-state index contributed by atoms with van der Waals surface area (Å²) in [5.41, 5.74) is 4.52. The maximum absolute atomic E-state index is 12.3. The summed E-state index contributed by atoms with van der Waals surface area (Å²) in [6.07, 6.45) is 5.18. The number of hydrogen-bond acceptors (Lipinski definition) is 3. The average molecular weight is 298 g/mol. The number of urea groups is 1. The zero-order valence-electron chi connectivity index (χ0n) is 13.0. The Morgan fingerprint density at radius 3 is 2.68 bits per heavy atom. The number of carbonyl (C=O) groups excluding carboxylic acids is 1. The summed E-state index contributed by atoms with van der Waals surface area (Å²) in [6.45, 7) is 4.30. The highest BCUT2D eigenvalue weighted by molar-refractivity contribution is 5.99. The number of amides is 2. The summed E-state index contributed by atoms with van der Waals surface area (Å²) in [4.78, 5) is 16.7. The highest BCUT2D eigenvalue weighted by Gasteiger charge is 2.26. The first kappa shape index (κ1) is 14.8. The predicted octanol–water partition coefficient (Wildman–Crippen LogP) is 3.53. The fourth-order valence-electron chi connectivity index (χ4n) is 3.11. The molecule has 3 rings (SSSR count). The molecule has 0 unspecified atom stereocenters. The molecule has 2 N–H and O–H groups in total. The normalized spacial score (nSPS) is 22.5. The van der Waals surface area contributed by atoms with Crippen molar-refractivity contribution >= 4 is 22.6 Å². The van der Waals surface area contributed by atoms with Gasteiger partial charge in [-0.15, -0.1) is 0 Å². The van der Waals surface area contributed by atoms with E-state index >= 15 is 0 Å². The molecule has 0 spiro atoms. The Bertz CT molecular complexity index is 657. The highest BCUT2D eigenvalue weighted by Crippen LogP contribution is 2.22. The number of aromatic nitrogens is 1. The van der Waals surface area contributed by atoms with Crippen LogP contribution in [0, 0.1) is 0 Å². The van der Waals surface area contributed by atoms with Crippen LogP contribution in [0.25, 0.3) is 10.9 Å². The fourth-order valence-corrected chi connectivity index (χ4v) is 3.11. The Balaban J connectivity index is 1.73. The molecule has 5 nitrogen and oxygen atoms in total. The van der Waals surface area contributed by atoms with E-state index in [4.69, 9.17) is 0 Å². The largest absolute Gasteiger partial charge is 0.333 e. The van der Waals surface area contributed by atoms with Gasteiger partial charge in [0.1, 0.15) is 0 Å². The van der Waals surface area contributed by atoms with Crippen LogP contribution in [-0.2, 0) is 0 Å². The summed E-state index contributed by atoms with van der Waals surface area (Å²) in [7, 11) is 0. The van der Waals surface area contributed by atoms with Gasteiger partial charge in [-0.1, -0.05) is 24.6 Å². The van der Waals surface area contributed by atoms with Gasteiger partial charge < -0.3 is 5.32 Å². The maximum Gasteiger partial charge on any atom is 0.333 e. The lowest BCUT2D eigenvalue weighted by atomic mass is 10.00. The standard InChI is InChI=1S/C17H22N4O/c1-12-6-3-7-13(2)21(12)20-17(22)19-15-10-4-8-14-9-5-11-18-16(14)15/h4-5,8-13H,3,6-7H2,1-2H3,(H2,19,20,22)/t12-,13-/m1/s1. The van der Waals surface area contributed by atoms with E-state index < -0.39 is 0 Å². The number of rotatable bonds is 2. The number of para-hydroxylation sites is 1. The van der Waals surface area contributed by atoms with Gasteiger partial charge in [-0.25, -0.2) is 9.80 Å². The van der Waals surface area contributed by atoms with Crippen LogP contribution in [0.5, 0.6) is 0 Å². The molecule has 2 amide bonds. The lowest BCUT2D eigenvalue weighted by Crippen LogP contribution is -2.55. The maximum atomic E-state index is 12.3. The van der Waals surface area contributed by atoms with Crippen LogP contribution in [0.2, 0.25) is 0 Å². The minimum atomic E-state index is -0.209. The second-order valence-corrected chi connectivity index (χ2v) is 5.98. The Morgan fingerprint density at radius 1 is 1.18 bits per heavy atom. The van der Waals surface area contributed by atoms with Gasteiger partial charge in [0.2, 0.25) is 0 Å². The molecule has 2 aromatic rings. The van der Waals surface area contributed by atoms with Gasteiger partial charge in [0.25, 0.3) is 0 Å². The van der Waals surface area contributed by atoms with E-state index in [1.54, 1.807) is 6.20 Å². The van der Waals surface area contributed by atoms with Crippen LogP contribution < -0.4 is 10.7 Å². The van der Waals surface area contributed by atoms with Gasteiger partial charge in [-0.2, -0.15) is 0 Å². The third-order valence-electron chi connectivity index (χ3n) is 4.31. The van der Waals surface area contributed by atoms with Crippen molar-refractivity contribution in [2.45, 2.75) is 45.2 Å². The number of nitrogens with zero attached hydrogens (tertiary/aromatic N) is 2. The summed E-state index contributed by atoms with van der Waals surface area (Å²) >= 11 is 0. The molecule has 0 aliphatic carbocycles. The summed E-state index contributed by atoms with van der Waals surface area (Å²) in [5, 5.41) is 5.99. The average Bonchev–Trinajstić information content (AvgIpc) is 2.51. The van der Waals surface area contributed by atoms with Crippen LogP contribution in [-0.4, -0.2) is 28.1 Å². The van der Waals surface area contributed by atoms with Crippen molar-refractivity contribution in [3.63, 3.8) is 0 Å². The van der Waals surface area contributed by atoms with Gasteiger partial charge in [0.05, 0.1) is 11.2 Å². The smallest absolute Gasteiger partial charge is 0.305 e. The number of benzene rings is 1. The Labute approximate surface area is 130 Å². The topological polar surface area (TPSA) is 57.3 Å². The number of piperidine rings is 1. The Morgan fingerprint density at radius 2 is 1.91 bits per heavy atom. The lowest BCUT2D eigenvalue weighted by Gasteiger charge is -2.38. The van der Waals surface area contributed by atoms with Gasteiger partial charge >= 0.3 is 6.03 Å². The van der Waals surface area contributed by atoms with Crippen LogP contribution >= 0.6 is 0 Å². The number of hydrogen-bond donors (Lipinski definition) is 2. The van der Waals surface area contributed by atoms with Crippen molar-refractivity contribution in [1.29, 1.82) is 0 Å². The number of nitrogens with one attached hydrogen (secondary N) is 2. The SMILES string of the molecule is C[C@@H]1CCC[C@@H](C)N1NC(=O)Nc1cccc2cccnc12. The van der Waals surface area contributed by atoms with Gasteiger partial charge in [-0.3, -0.25) is 10.4 Å². The predicted molar refractivity (Wildman–Crippen MR) is 88.5 cm³/mol. The number of hydrazine groups is 1.